The van der Waals surface area contributed by atoms with Crippen LogP contribution in [0.3, 0.4) is 0 Å². The zero-order valence-corrected chi connectivity index (χ0v) is 14.7. The molecule has 1 fully saturated rings. The molecule has 138 valence electrons. The molecule has 0 radical (unpaired) electrons. The topological polar surface area (TPSA) is 88.7 Å². The van der Waals surface area contributed by atoms with Crippen LogP contribution >= 0.6 is 0 Å². The number of carbonyl (C=O) groups is 2. The van der Waals surface area contributed by atoms with Crippen LogP contribution in [0.2, 0.25) is 0 Å². The maximum atomic E-state index is 11.7. The number of benzene rings is 1. The maximum absolute atomic E-state index is 11.7. The number of carbonyl (C=O) groups excluding carboxylic acids is 2. The molecule has 0 saturated heterocycles. The van der Waals surface area contributed by atoms with Crippen molar-refractivity contribution in [3.8, 4) is 11.5 Å². The predicted molar refractivity (Wildman–Crippen MR) is 94.9 cm³/mol. The number of hydrogen-bond acceptors (Lipinski definition) is 4. The third-order valence-electron chi connectivity index (χ3n) is 4.10. The summed E-state index contributed by atoms with van der Waals surface area (Å²) in [6.45, 7) is 0.685. The van der Waals surface area contributed by atoms with Gasteiger partial charge in [0, 0.05) is 6.04 Å². The van der Waals surface area contributed by atoms with Crippen LogP contribution in [0.15, 0.2) is 24.3 Å². The molecular weight excluding hydrogens is 322 g/mol. The van der Waals surface area contributed by atoms with Crippen LogP contribution in [0.5, 0.6) is 11.5 Å². The number of nitrogens with one attached hydrogen (secondary N) is 3. The molecule has 1 aliphatic rings. The largest absolute Gasteiger partial charge is 0.497 e. The standard InChI is InChI=1S/C18H27N3O4/c1-24-15-7-9-16(10-8-15)25-12-11-19-17(22)13-20-18(23)21-14-5-3-2-4-6-14/h7-10,14H,2-6,11-13H2,1H3,(H,19,22)(H2,20,21,23). The summed E-state index contributed by atoms with van der Waals surface area (Å²) in [4.78, 5) is 23.5. The fourth-order valence-corrected chi connectivity index (χ4v) is 2.74. The second-order valence-corrected chi connectivity index (χ2v) is 6.04. The van der Waals surface area contributed by atoms with Gasteiger partial charge in [-0.15, -0.1) is 0 Å². The van der Waals surface area contributed by atoms with Gasteiger partial charge in [-0.1, -0.05) is 19.3 Å². The lowest BCUT2D eigenvalue weighted by atomic mass is 9.96. The molecular formula is C18H27N3O4. The molecule has 1 aliphatic carbocycles. The first kappa shape index (κ1) is 18.9. The molecule has 1 aromatic rings. The molecule has 0 aromatic heterocycles. The van der Waals surface area contributed by atoms with Crippen LogP contribution in [0, 0.1) is 0 Å². The fourth-order valence-electron chi connectivity index (χ4n) is 2.74. The average molecular weight is 349 g/mol. The van der Waals surface area contributed by atoms with E-state index in [0.29, 0.717) is 18.9 Å². The lowest BCUT2D eigenvalue weighted by molar-refractivity contribution is -0.120. The summed E-state index contributed by atoms with van der Waals surface area (Å²) >= 11 is 0. The van der Waals surface area contributed by atoms with E-state index in [4.69, 9.17) is 9.47 Å². The van der Waals surface area contributed by atoms with Crippen molar-refractivity contribution >= 4 is 11.9 Å². The summed E-state index contributed by atoms with van der Waals surface area (Å²) in [6, 6.07) is 7.17. The lowest BCUT2D eigenvalue weighted by Gasteiger charge is -2.22. The van der Waals surface area contributed by atoms with Crippen molar-refractivity contribution in [1.82, 2.24) is 16.0 Å². The highest BCUT2D eigenvalue weighted by atomic mass is 16.5. The van der Waals surface area contributed by atoms with Gasteiger partial charge in [-0.25, -0.2) is 4.79 Å². The Kier molecular flexibility index (Phi) is 7.88. The number of amides is 3. The smallest absolute Gasteiger partial charge is 0.315 e. The van der Waals surface area contributed by atoms with Crippen molar-refractivity contribution in [2.75, 3.05) is 26.8 Å². The van der Waals surface area contributed by atoms with Crippen LogP contribution in [0.4, 0.5) is 4.79 Å². The van der Waals surface area contributed by atoms with Crippen LogP contribution in [0.1, 0.15) is 32.1 Å². The molecule has 3 N–H and O–H groups in total. The highest BCUT2D eigenvalue weighted by Gasteiger charge is 2.15. The number of rotatable bonds is 8. The molecule has 0 heterocycles. The van der Waals surface area contributed by atoms with E-state index in [0.717, 1.165) is 31.4 Å². The Balaban J connectivity index is 1.53. The number of urea groups is 1. The van der Waals surface area contributed by atoms with E-state index in [2.05, 4.69) is 16.0 Å². The Morgan fingerprint density at radius 3 is 2.40 bits per heavy atom. The first-order valence-corrected chi connectivity index (χ1v) is 8.75. The van der Waals surface area contributed by atoms with E-state index in [1.807, 2.05) is 12.1 Å². The summed E-state index contributed by atoms with van der Waals surface area (Å²) in [5.74, 6) is 1.23. The molecule has 25 heavy (non-hydrogen) atoms. The highest BCUT2D eigenvalue weighted by Crippen LogP contribution is 2.17. The van der Waals surface area contributed by atoms with Crippen molar-refractivity contribution in [1.29, 1.82) is 0 Å². The zero-order valence-electron chi connectivity index (χ0n) is 14.7. The highest BCUT2D eigenvalue weighted by molar-refractivity contribution is 5.83. The molecule has 1 aromatic carbocycles. The molecule has 0 bridgehead atoms. The molecule has 0 aliphatic heterocycles. The molecule has 3 amide bonds. The van der Waals surface area contributed by atoms with Crippen LogP contribution in [-0.4, -0.2) is 44.8 Å². The molecule has 1 saturated carbocycles. The van der Waals surface area contributed by atoms with E-state index < -0.39 is 0 Å². The first-order chi connectivity index (χ1) is 12.2. The van der Waals surface area contributed by atoms with Gasteiger partial charge >= 0.3 is 6.03 Å². The van der Waals surface area contributed by atoms with Gasteiger partial charge in [0.05, 0.1) is 20.2 Å². The summed E-state index contributed by atoms with van der Waals surface area (Å²) in [5, 5.41) is 8.19. The van der Waals surface area contributed by atoms with E-state index >= 15 is 0 Å². The Labute approximate surface area is 148 Å². The monoisotopic (exact) mass is 349 g/mol. The summed E-state index contributed by atoms with van der Waals surface area (Å²) in [7, 11) is 1.61. The van der Waals surface area contributed by atoms with Crippen LogP contribution < -0.4 is 25.4 Å². The van der Waals surface area contributed by atoms with Gasteiger partial charge in [-0.05, 0) is 37.1 Å². The molecule has 7 heteroatoms. The first-order valence-electron chi connectivity index (χ1n) is 8.75. The Hall–Kier alpha value is -2.44. The second-order valence-electron chi connectivity index (χ2n) is 6.04. The van der Waals surface area contributed by atoms with E-state index in [1.54, 1.807) is 19.2 Å². The van der Waals surface area contributed by atoms with Gasteiger partial charge in [-0.2, -0.15) is 0 Å². The SMILES string of the molecule is COc1ccc(OCCNC(=O)CNC(=O)NC2CCCCC2)cc1. The van der Waals surface area contributed by atoms with E-state index in [-0.39, 0.29) is 24.5 Å². The second kappa shape index (κ2) is 10.4. The summed E-state index contributed by atoms with van der Waals surface area (Å²) in [6.07, 6.45) is 5.57. The molecule has 0 spiro atoms. The van der Waals surface area contributed by atoms with Crippen LogP contribution in [0.25, 0.3) is 0 Å². The lowest BCUT2D eigenvalue weighted by Crippen LogP contribution is -2.46. The van der Waals surface area contributed by atoms with E-state index in [9.17, 15) is 9.59 Å². The van der Waals surface area contributed by atoms with Gasteiger partial charge in [0.1, 0.15) is 18.1 Å². The molecule has 0 atom stereocenters. The minimum atomic E-state index is -0.281. The quantitative estimate of drug-likeness (QED) is 0.625. The van der Waals surface area contributed by atoms with E-state index in [1.165, 1.54) is 6.42 Å². The number of hydrogen-bond donors (Lipinski definition) is 3. The third kappa shape index (κ3) is 7.32. The van der Waals surface area contributed by atoms with Gasteiger partial charge in [0.25, 0.3) is 0 Å². The summed E-state index contributed by atoms with van der Waals surface area (Å²) < 4.78 is 10.6. The minimum Gasteiger partial charge on any atom is -0.497 e. The Bertz CT molecular complexity index is 542. The van der Waals surface area contributed by atoms with Crippen molar-refractivity contribution in [3.63, 3.8) is 0 Å². The average Bonchev–Trinajstić information content (AvgIpc) is 2.65. The van der Waals surface area contributed by atoms with Gasteiger partial charge in [0.2, 0.25) is 5.91 Å². The van der Waals surface area contributed by atoms with Crippen LogP contribution in [-0.2, 0) is 4.79 Å². The Morgan fingerprint density at radius 2 is 1.72 bits per heavy atom. The normalized spacial score (nSPS) is 14.4. The maximum Gasteiger partial charge on any atom is 0.315 e. The van der Waals surface area contributed by atoms with Crippen molar-refractivity contribution < 1.29 is 19.1 Å². The van der Waals surface area contributed by atoms with Crippen molar-refractivity contribution in [3.05, 3.63) is 24.3 Å². The predicted octanol–water partition coefficient (Wildman–Crippen LogP) is 1.82. The third-order valence-corrected chi connectivity index (χ3v) is 4.10. The molecule has 7 nitrogen and oxygen atoms in total. The zero-order chi connectivity index (χ0) is 17.9. The number of ether oxygens (including phenoxy) is 2. The Morgan fingerprint density at radius 1 is 1.04 bits per heavy atom. The fraction of sp³-hybridized carbons (Fsp3) is 0.556. The summed E-state index contributed by atoms with van der Waals surface area (Å²) in [5.41, 5.74) is 0. The van der Waals surface area contributed by atoms with Gasteiger partial charge in [0.15, 0.2) is 0 Å². The van der Waals surface area contributed by atoms with Crippen molar-refractivity contribution in [2.24, 2.45) is 0 Å². The molecule has 2 rings (SSSR count). The van der Waals surface area contributed by atoms with Crippen molar-refractivity contribution in [2.45, 2.75) is 38.1 Å². The van der Waals surface area contributed by atoms with Gasteiger partial charge < -0.3 is 25.4 Å². The minimum absolute atomic E-state index is 0.0406. The molecule has 0 unspecified atom stereocenters. The number of methoxy groups -OCH3 is 1. The van der Waals surface area contributed by atoms with Gasteiger partial charge in [-0.3, -0.25) is 4.79 Å².